The molecule has 9 heteroatoms. The lowest BCUT2D eigenvalue weighted by molar-refractivity contribution is -0.0524. The van der Waals surface area contributed by atoms with E-state index >= 15 is 0 Å². The Bertz CT molecular complexity index is 379. The van der Waals surface area contributed by atoms with Crippen molar-refractivity contribution in [1.29, 1.82) is 0 Å². The van der Waals surface area contributed by atoms with Gasteiger partial charge in [-0.1, -0.05) is 0 Å². The summed E-state index contributed by atoms with van der Waals surface area (Å²) in [5.41, 5.74) is -5.39. The van der Waals surface area contributed by atoms with Crippen LogP contribution in [0.15, 0.2) is 11.8 Å². The van der Waals surface area contributed by atoms with Crippen LogP contribution in [0.5, 0.6) is 0 Å². The van der Waals surface area contributed by atoms with E-state index in [1.807, 2.05) is 0 Å². The number of rotatable bonds is 3. The number of hydrogen-bond acceptors (Lipinski definition) is 4. The highest BCUT2D eigenvalue weighted by molar-refractivity contribution is 7.87. The molecule has 1 atom stereocenters. The van der Waals surface area contributed by atoms with Crippen LogP contribution in [0.4, 0.5) is 13.2 Å². The monoisotopic (exact) mass is 279 g/mol. The normalized spacial score (nSPS) is 22.8. The molecule has 0 aliphatic heterocycles. The maximum atomic E-state index is 12.0. The Morgan fingerprint density at radius 2 is 2.12 bits per heavy atom. The van der Waals surface area contributed by atoms with E-state index in [1.165, 1.54) is 6.08 Å². The molecule has 94 valence electrons. The minimum atomic E-state index is -5.54. The molecule has 1 aliphatic rings. The fourth-order valence-corrected chi connectivity index (χ4v) is 1.90. The highest BCUT2D eigenvalue weighted by atomic mass is 35.5. The van der Waals surface area contributed by atoms with Crippen molar-refractivity contribution in [3.8, 4) is 0 Å². The fraction of sp³-hybridized carbons (Fsp3) is 0.714. The molecule has 0 aromatic carbocycles. The Balaban J connectivity index is 2.67. The molecular weight excluding hydrogens is 271 g/mol. The second kappa shape index (κ2) is 4.80. The Morgan fingerprint density at radius 3 is 2.50 bits per heavy atom. The fourth-order valence-electron chi connectivity index (χ4n) is 1.17. The summed E-state index contributed by atoms with van der Waals surface area (Å²) in [6.45, 7) is 0. The molecule has 0 radical (unpaired) electrons. The summed E-state index contributed by atoms with van der Waals surface area (Å²) < 4.78 is 61.1. The number of allylic oxidation sites excluding steroid dienone is 1. The zero-order valence-corrected chi connectivity index (χ0v) is 9.49. The first-order chi connectivity index (χ1) is 7.26. The third-order valence-corrected chi connectivity index (χ3v) is 3.33. The minimum absolute atomic E-state index is 0.0809. The van der Waals surface area contributed by atoms with Gasteiger partial charge in [0, 0.05) is 12.5 Å². The van der Waals surface area contributed by atoms with Crippen molar-refractivity contribution in [3.63, 3.8) is 0 Å². The SMILES string of the molecule is O=S(=O)(OC1=CCC(NCl)CC1)C(F)(F)F. The van der Waals surface area contributed by atoms with Crippen LogP contribution in [0.1, 0.15) is 19.3 Å². The van der Waals surface area contributed by atoms with E-state index in [0.29, 0.717) is 12.8 Å². The zero-order chi connectivity index (χ0) is 12.4. The van der Waals surface area contributed by atoms with Gasteiger partial charge in [-0.2, -0.15) is 21.6 Å². The molecule has 4 nitrogen and oxygen atoms in total. The quantitative estimate of drug-likeness (QED) is 0.488. The van der Waals surface area contributed by atoms with E-state index in [-0.39, 0.29) is 18.2 Å². The third kappa shape index (κ3) is 3.26. The molecule has 1 unspecified atom stereocenters. The van der Waals surface area contributed by atoms with Crippen molar-refractivity contribution in [2.75, 3.05) is 0 Å². The van der Waals surface area contributed by atoms with Gasteiger partial charge in [-0.3, -0.25) is 0 Å². The average molecular weight is 280 g/mol. The van der Waals surface area contributed by atoms with Gasteiger partial charge in [0.1, 0.15) is 5.76 Å². The van der Waals surface area contributed by atoms with Gasteiger partial charge < -0.3 is 4.18 Å². The highest BCUT2D eigenvalue weighted by Crippen LogP contribution is 2.29. The van der Waals surface area contributed by atoms with Crippen LogP contribution in [0, 0.1) is 0 Å². The Morgan fingerprint density at radius 1 is 1.50 bits per heavy atom. The van der Waals surface area contributed by atoms with Crippen LogP contribution in [-0.4, -0.2) is 20.0 Å². The second-order valence-electron chi connectivity index (χ2n) is 3.23. The van der Waals surface area contributed by atoms with Crippen LogP contribution in [0.25, 0.3) is 0 Å². The predicted octanol–water partition coefficient (Wildman–Crippen LogP) is 2.03. The number of halogens is 4. The Kier molecular flexibility index (Phi) is 4.08. The van der Waals surface area contributed by atoms with Gasteiger partial charge in [-0.15, -0.1) is 0 Å². The van der Waals surface area contributed by atoms with Gasteiger partial charge in [-0.25, -0.2) is 4.84 Å². The van der Waals surface area contributed by atoms with Gasteiger partial charge in [0.15, 0.2) is 0 Å². The van der Waals surface area contributed by atoms with Crippen molar-refractivity contribution >= 4 is 21.9 Å². The van der Waals surface area contributed by atoms with Crippen molar-refractivity contribution in [2.24, 2.45) is 0 Å². The van der Waals surface area contributed by atoms with E-state index in [4.69, 9.17) is 11.8 Å². The number of alkyl halides is 3. The van der Waals surface area contributed by atoms with Gasteiger partial charge >= 0.3 is 15.6 Å². The van der Waals surface area contributed by atoms with Gasteiger partial charge in [0.25, 0.3) is 0 Å². The number of hydrogen-bond donors (Lipinski definition) is 1. The molecule has 1 N–H and O–H groups in total. The van der Waals surface area contributed by atoms with Crippen LogP contribution < -0.4 is 4.84 Å². The summed E-state index contributed by atoms with van der Waals surface area (Å²) in [4.78, 5) is 2.42. The van der Waals surface area contributed by atoms with E-state index in [2.05, 4.69) is 9.02 Å². The largest absolute Gasteiger partial charge is 0.534 e. The maximum Gasteiger partial charge on any atom is 0.534 e. The molecule has 0 heterocycles. The summed E-state index contributed by atoms with van der Waals surface area (Å²) in [7, 11) is -5.54. The standard InChI is InChI=1S/C7H9ClF3NO3S/c8-12-5-1-3-6(4-2-5)15-16(13,14)7(9,10)11/h3,5,12H,1-2,4H2. The average Bonchev–Trinajstić information content (AvgIpc) is 2.16. The summed E-state index contributed by atoms with van der Waals surface area (Å²) in [5, 5.41) is 0. The van der Waals surface area contributed by atoms with E-state index in [9.17, 15) is 21.6 Å². The van der Waals surface area contributed by atoms with Gasteiger partial charge in [0.05, 0.1) is 0 Å². The molecule has 0 saturated heterocycles. The van der Waals surface area contributed by atoms with Crippen LogP contribution >= 0.6 is 11.8 Å². The highest BCUT2D eigenvalue weighted by Gasteiger charge is 2.48. The molecule has 0 amide bonds. The third-order valence-electron chi connectivity index (χ3n) is 2.02. The minimum Gasteiger partial charge on any atom is -0.381 e. The molecule has 0 fully saturated rings. The summed E-state index contributed by atoms with van der Waals surface area (Å²) >= 11 is 5.32. The van der Waals surface area contributed by atoms with Gasteiger partial charge in [-0.05, 0) is 30.7 Å². The molecule has 1 aliphatic carbocycles. The lowest BCUT2D eigenvalue weighted by atomic mass is 10.0. The van der Waals surface area contributed by atoms with E-state index in [0.717, 1.165) is 0 Å². The van der Waals surface area contributed by atoms with Crippen LogP contribution in [0.2, 0.25) is 0 Å². The summed E-state index contributed by atoms with van der Waals surface area (Å²) in [5.74, 6) is -0.194. The zero-order valence-electron chi connectivity index (χ0n) is 7.92. The second-order valence-corrected chi connectivity index (χ2v) is 4.99. The first-order valence-corrected chi connectivity index (χ1v) is 6.11. The van der Waals surface area contributed by atoms with Gasteiger partial charge in [0.2, 0.25) is 0 Å². The number of nitrogens with one attached hydrogen (secondary N) is 1. The molecule has 0 aromatic heterocycles. The molecule has 0 aromatic rings. The Labute approximate surface area is 95.6 Å². The molecule has 0 bridgehead atoms. The Hall–Kier alpha value is -0.470. The first-order valence-electron chi connectivity index (χ1n) is 4.32. The maximum absolute atomic E-state index is 12.0. The molecule has 1 rings (SSSR count). The topological polar surface area (TPSA) is 55.4 Å². The summed E-state index contributed by atoms with van der Waals surface area (Å²) in [6.07, 6.45) is 2.13. The lowest BCUT2D eigenvalue weighted by Gasteiger charge is -2.20. The lowest BCUT2D eigenvalue weighted by Crippen LogP contribution is -2.28. The smallest absolute Gasteiger partial charge is 0.381 e. The predicted molar refractivity (Wildman–Crippen MR) is 50.8 cm³/mol. The first kappa shape index (κ1) is 13.6. The molecule has 16 heavy (non-hydrogen) atoms. The van der Waals surface area contributed by atoms with Crippen LogP contribution in [0.3, 0.4) is 0 Å². The van der Waals surface area contributed by atoms with Crippen molar-refractivity contribution in [2.45, 2.75) is 30.8 Å². The van der Waals surface area contributed by atoms with E-state index < -0.39 is 15.6 Å². The summed E-state index contributed by atoms with van der Waals surface area (Å²) in [6, 6.07) is -0.0809. The molecular formula is C7H9ClF3NO3S. The molecule has 0 saturated carbocycles. The molecule has 0 spiro atoms. The van der Waals surface area contributed by atoms with Crippen LogP contribution in [-0.2, 0) is 14.3 Å². The van der Waals surface area contributed by atoms with Crippen molar-refractivity contribution < 1.29 is 25.8 Å². The van der Waals surface area contributed by atoms with E-state index in [1.54, 1.807) is 0 Å². The van der Waals surface area contributed by atoms with Crippen molar-refractivity contribution in [1.82, 2.24) is 4.84 Å². The van der Waals surface area contributed by atoms with Crippen molar-refractivity contribution in [3.05, 3.63) is 11.8 Å².